The predicted molar refractivity (Wildman–Crippen MR) is 91.9 cm³/mol. The minimum atomic E-state index is -1.32. The second-order valence-electron chi connectivity index (χ2n) is 6.08. The molecule has 0 atom stereocenters. The number of rotatable bonds is 5. The van der Waals surface area contributed by atoms with Crippen molar-refractivity contribution in [2.45, 2.75) is 33.2 Å². The first-order valence-electron chi connectivity index (χ1n) is 7.57. The summed E-state index contributed by atoms with van der Waals surface area (Å²) in [5.74, 6) is -1.55. The highest BCUT2D eigenvalue weighted by atomic mass is 16.4. The van der Waals surface area contributed by atoms with Gasteiger partial charge < -0.3 is 10.4 Å². The van der Waals surface area contributed by atoms with Crippen LogP contribution < -0.4 is 5.32 Å². The zero-order valence-corrected chi connectivity index (χ0v) is 14.2. The summed E-state index contributed by atoms with van der Waals surface area (Å²) in [5.41, 5.74) is 2.15. The summed E-state index contributed by atoms with van der Waals surface area (Å²) >= 11 is 0. The van der Waals surface area contributed by atoms with E-state index in [9.17, 15) is 9.59 Å². The van der Waals surface area contributed by atoms with Gasteiger partial charge in [-0.05, 0) is 45.9 Å². The molecule has 0 aliphatic rings. The van der Waals surface area contributed by atoms with Gasteiger partial charge in [-0.1, -0.05) is 18.2 Å². The third-order valence-corrected chi connectivity index (χ3v) is 3.72. The molecule has 1 aromatic heterocycles. The highest BCUT2D eigenvalue weighted by molar-refractivity contribution is 5.95. The van der Waals surface area contributed by atoms with Gasteiger partial charge in [0.1, 0.15) is 5.54 Å². The maximum atomic E-state index is 11.9. The Morgan fingerprint density at radius 2 is 1.83 bits per heavy atom. The number of aryl methyl sites for hydroxylation is 1. The zero-order valence-electron chi connectivity index (χ0n) is 14.2. The third kappa shape index (κ3) is 3.71. The molecule has 0 saturated carbocycles. The Morgan fingerprint density at radius 3 is 2.42 bits per heavy atom. The van der Waals surface area contributed by atoms with Crippen molar-refractivity contribution in [3.8, 4) is 5.69 Å². The lowest BCUT2D eigenvalue weighted by Gasteiger charge is -2.19. The van der Waals surface area contributed by atoms with Crippen molar-refractivity contribution in [2.75, 3.05) is 0 Å². The molecule has 1 amide bonds. The van der Waals surface area contributed by atoms with Crippen LogP contribution in [-0.2, 0) is 9.59 Å². The molecule has 1 heterocycles. The number of carbonyl (C=O) groups is 2. The molecule has 1 aromatic carbocycles. The highest BCUT2D eigenvalue weighted by Gasteiger charge is 2.28. The van der Waals surface area contributed by atoms with Crippen LogP contribution in [-0.4, -0.2) is 32.3 Å². The van der Waals surface area contributed by atoms with E-state index in [2.05, 4.69) is 10.4 Å². The van der Waals surface area contributed by atoms with E-state index >= 15 is 0 Å². The second-order valence-corrected chi connectivity index (χ2v) is 6.08. The standard InChI is InChI=1S/C18H21N3O3/c1-12-15(10-11-16(22)19-18(3,4)17(23)24)13(2)21(20-12)14-8-6-5-7-9-14/h5-11H,1-4H3,(H,19,22)(H,23,24). The van der Waals surface area contributed by atoms with Crippen molar-refractivity contribution < 1.29 is 14.7 Å². The quantitative estimate of drug-likeness (QED) is 0.826. The molecule has 0 aliphatic carbocycles. The lowest BCUT2D eigenvalue weighted by molar-refractivity contribution is -0.145. The number of nitrogens with zero attached hydrogens (tertiary/aromatic N) is 2. The molecule has 126 valence electrons. The molecule has 0 radical (unpaired) electrons. The Morgan fingerprint density at radius 1 is 1.21 bits per heavy atom. The Hall–Kier alpha value is -2.89. The molecule has 2 aromatic rings. The van der Waals surface area contributed by atoms with E-state index in [1.807, 2.05) is 48.9 Å². The molecule has 0 unspecified atom stereocenters. The van der Waals surface area contributed by atoms with Gasteiger partial charge in [-0.15, -0.1) is 0 Å². The minimum absolute atomic E-state index is 0.464. The van der Waals surface area contributed by atoms with Crippen LogP contribution in [0.25, 0.3) is 11.8 Å². The van der Waals surface area contributed by atoms with Gasteiger partial charge >= 0.3 is 5.97 Å². The summed E-state index contributed by atoms with van der Waals surface area (Å²) < 4.78 is 1.81. The van der Waals surface area contributed by atoms with Crippen molar-refractivity contribution in [1.29, 1.82) is 0 Å². The maximum absolute atomic E-state index is 11.9. The first-order chi connectivity index (χ1) is 11.2. The number of carboxylic acid groups (broad SMARTS) is 1. The van der Waals surface area contributed by atoms with E-state index in [0.29, 0.717) is 0 Å². The van der Waals surface area contributed by atoms with Crippen LogP contribution in [0.4, 0.5) is 0 Å². The predicted octanol–water partition coefficient (Wildman–Crippen LogP) is 2.48. The molecule has 0 bridgehead atoms. The van der Waals surface area contributed by atoms with Crippen LogP contribution in [0.5, 0.6) is 0 Å². The van der Waals surface area contributed by atoms with Gasteiger partial charge in [0.25, 0.3) is 0 Å². The van der Waals surface area contributed by atoms with Crippen molar-refractivity contribution >= 4 is 18.0 Å². The van der Waals surface area contributed by atoms with E-state index in [4.69, 9.17) is 5.11 Å². The molecule has 0 aliphatic heterocycles. The molecule has 6 heteroatoms. The second kappa shape index (κ2) is 6.70. The van der Waals surface area contributed by atoms with Crippen molar-refractivity contribution in [1.82, 2.24) is 15.1 Å². The molecule has 0 spiro atoms. The van der Waals surface area contributed by atoms with Crippen molar-refractivity contribution in [3.63, 3.8) is 0 Å². The van der Waals surface area contributed by atoms with E-state index in [1.54, 1.807) is 6.08 Å². The Balaban J connectivity index is 2.23. The number of hydrogen-bond donors (Lipinski definition) is 2. The fraction of sp³-hybridized carbons (Fsp3) is 0.278. The number of carbonyl (C=O) groups excluding carboxylic acids is 1. The summed E-state index contributed by atoms with van der Waals surface area (Å²) in [5, 5.41) is 16.0. The van der Waals surface area contributed by atoms with Crippen molar-refractivity contribution in [3.05, 3.63) is 53.4 Å². The molecule has 0 saturated heterocycles. The Labute approximate surface area is 140 Å². The fourth-order valence-corrected chi connectivity index (χ4v) is 2.28. The number of aromatic nitrogens is 2. The SMILES string of the molecule is Cc1nn(-c2ccccc2)c(C)c1C=CC(=O)NC(C)(C)C(=O)O. The summed E-state index contributed by atoms with van der Waals surface area (Å²) in [4.78, 5) is 23.0. The van der Waals surface area contributed by atoms with Crippen LogP contribution in [0.15, 0.2) is 36.4 Å². The molecule has 2 rings (SSSR count). The van der Waals surface area contributed by atoms with Gasteiger partial charge in [-0.2, -0.15) is 5.10 Å². The Kier molecular flexibility index (Phi) is 4.87. The van der Waals surface area contributed by atoms with Crippen LogP contribution in [0, 0.1) is 13.8 Å². The number of amides is 1. The summed E-state index contributed by atoms with van der Waals surface area (Å²) in [6.07, 6.45) is 2.99. The van der Waals surface area contributed by atoms with Gasteiger partial charge in [0.2, 0.25) is 5.91 Å². The average molecular weight is 327 g/mol. The summed E-state index contributed by atoms with van der Waals surface area (Å²) in [6, 6.07) is 9.71. The molecule has 24 heavy (non-hydrogen) atoms. The van der Waals surface area contributed by atoms with Crippen molar-refractivity contribution in [2.24, 2.45) is 0 Å². The maximum Gasteiger partial charge on any atom is 0.328 e. The monoisotopic (exact) mass is 327 g/mol. The largest absolute Gasteiger partial charge is 0.480 e. The number of aliphatic carboxylic acids is 1. The number of nitrogens with one attached hydrogen (secondary N) is 1. The topological polar surface area (TPSA) is 84.2 Å². The lowest BCUT2D eigenvalue weighted by atomic mass is 10.1. The Bertz CT molecular complexity index is 789. The molecule has 6 nitrogen and oxygen atoms in total. The van der Waals surface area contributed by atoms with Gasteiger partial charge in [0, 0.05) is 17.3 Å². The minimum Gasteiger partial charge on any atom is -0.480 e. The number of hydrogen-bond acceptors (Lipinski definition) is 3. The molecular formula is C18H21N3O3. The van der Waals surface area contributed by atoms with E-state index in [1.165, 1.54) is 19.9 Å². The van der Waals surface area contributed by atoms with Gasteiger partial charge in [-0.25, -0.2) is 9.48 Å². The van der Waals surface area contributed by atoms with Crippen LogP contribution in [0.3, 0.4) is 0 Å². The van der Waals surface area contributed by atoms with Crippen LogP contribution in [0.1, 0.15) is 30.8 Å². The first kappa shape index (κ1) is 17.5. The van der Waals surface area contributed by atoms with Crippen LogP contribution >= 0.6 is 0 Å². The van der Waals surface area contributed by atoms with Crippen LogP contribution in [0.2, 0.25) is 0 Å². The molecule has 2 N–H and O–H groups in total. The van der Waals surface area contributed by atoms with E-state index in [0.717, 1.165) is 22.6 Å². The molecule has 0 fully saturated rings. The highest BCUT2D eigenvalue weighted by Crippen LogP contribution is 2.19. The smallest absolute Gasteiger partial charge is 0.328 e. The zero-order chi connectivity index (χ0) is 17.9. The summed E-state index contributed by atoms with van der Waals surface area (Å²) in [6.45, 7) is 6.66. The van der Waals surface area contributed by atoms with Gasteiger partial charge in [0.15, 0.2) is 0 Å². The summed E-state index contributed by atoms with van der Waals surface area (Å²) in [7, 11) is 0. The fourth-order valence-electron chi connectivity index (χ4n) is 2.28. The van der Waals surface area contributed by atoms with E-state index in [-0.39, 0.29) is 0 Å². The number of carboxylic acids is 1. The van der Waals surface area contributed by atoms with Gasteiger partial charge in [-0.3, -0.25) is 4.79 Å². The number of benzene rings is 1. The number of para-hydroxylation sites is 1. The first-order valence-corrected chi connectivity index (χ1v) is 7.57. The average Bonchev–Trinajstić information content (AvgIpc) is 2.80. The lowest BCUT2D eigenvalue weighted by Crippen LogP contribution is -2.49. The van der Waals surface area contributed by atoms with Gasteiger partial charge in [0.05, 0.1) is 11.4 Å². The van der Waals surface area contributed by atoms with E-state index < -0.39 is 17.4 Å². The molecular weight excluding hydrogens is 306 g/mol. The normalized spacial score (nSPS) is 11.7. The third-order valence-electron chi connectivity index (χ3n) is 3.72.